The molecule has 0 heterocycles. The molecule has 35 heavy (non-hydrogen) atoms. The van der Waals surface area contributed by atoms with E-state index in [4.69, 9.17) is 4.43 Å². The molecule has 1 unspecified atom stereocenters. The molecular weight excluding hydrogens is 440 g/mol. The SMILES string of the molecule is C=C1/C(=C\C=C2/CCC[C@]3(C)[C@@H]([C@H](C)CCCC(C)C)CC[C@@H]23)CCCC1O[Si](C)(C)C(C)(C)C. The first kappa shape index (κ1) is 29.0. The number of hydrogen-bond acceptors (Lipinski definition) is 1. The quantitative estimate of drug-likeness (QED) is 0.302. The van der Waals surface area contributed by atoms with Crippen molar-refractivity contribution in [2.45, 2.75) is 143 Å². The van der Waals surface area contributed by atoms with Crippen LogP contribution in [0.5, 0.6) is 0 Å². The van der Waals surface area contributed by atoms with Crippen molar-refractivity contribution in [1.82, 2.24) is 0 Å². The lowest BCUT2D eigenvalue weighted by Gasteiger charge is -2.44. The highest BCUT2D eigenvalue weighted by atomic mass is 28.4. The predicted molar refractivity (Wildman–Crippen MR) is 157 cm³/mol. The van der Waals surface area contributed by atoms with Crippen molar-refractivity contribution in [1.29, 1.82) is 0 Å². The van der Waals surface area contributed by atoms with Gasteiger partial charge in [-0.15, -0.1) is 0 Å². The van der Waals surface area contributed by atoms with E-state index < -0.39 is 8.32 Å². The summed E-state index contributed by atoms with van der Waals surface area (Å²) in [7, 11) is -1.78. The van der Waals surface area contributed by atoms with Crippen molar-refractivity contribution in [2.24, 2.45) is 29.1 Å². The maximum Gasteiger partial charge on any atom is 0.192 e. The molecule has 0 radical (unpaired) electrons. The second kappa shape index (κ2) is 11.4. The minimum Gasteiger partial charge on any atom is -0.410 e. The van der Waals surface area contributed by atoms with E-state index in [0.717, 1.165) is 36.5 Å². The Morgan fingerprint density at radius 2 is 1.74 bits per heavy atom. The van der Waals surface area contributed by atoms with Gasteiger partial charge in [-0.05, 0) is 110 Å². The topological polar surface area (TPSA) is 9.23 Å². The maximum atomic E-state index is 6.83. The van der Waals surface area contributed by atoms with Gasteiger partial charge in [0, 0.05) is 0 Å². The molecule has 0 aromatic carbocycles. The molecule has 2 heteroatoms. The van der Waals surface area contributed by atoms with Crippen molar-refractivity contribution < 1.29 is 4.43 Å². The first-order valence-electron chi connectivity index (χ1n) is 15.0. The highest BCUT2D eigenvalue weighted by molar-refractivity contribution is 6.74. The Hall–Kier alpha value is -0.603. The molecule has 0 aliphatic heterocycles. The molecule has 200 valence electrons. The second-order valence-electron chi connectivity index (χ2n) is 14.6. The lowest BCUT2D eigenvalue weighted by Crippen LogP contribution is -2.45. The fourth-order valence-corrected chi connectivity index (χ4v) is 8.67. The van der Waals surface area contributed by atoms with Crippen LogP contribution >= 0.6 is 0 Å². The van der Waals surface area contributed by atoms with Crippen LogP contribution in [0, 0.1) is 29.1 Å². The Labute approximate surface area is 220 Å². The highest BCUT2D eigenvalue weighted by Gasteiger charge is 2.50. The van der Waals surface area contributed by atoms with Gasteiger partial charge in [-0.1, -0.05) is 92.0 Å². The van der Waals surface area contributed by atoms with Gasteiger partial charge in [-0.2, -0.15) is 0 Å². The Bertz CT molecular complexity index is 794. The van der Waals surface area contributed by atoms with Crippen LogP contribution in [0.3, 0.4) is 0 Å². The average Bonchev–Trinajstić information content (AvgIpc) is 3.10. The monoisotopic (exact) mass is 498 g/mol. The molecule has 3 aliphatic carbocycles. The van der Waals surface area contributed by atoms with Gasteiger partial charge in [0.15, 0.2) is 8.32 Å². The smallest absolute Gasteiger partial charge is 0.192 e. The van der Waals surface area contributed by atoms with Crippen LogP contribution in [-0.2, 0) is 4.43 Å². The summed E-state index contributed by atoms with van der Waals surface area (Å²) in [4.78, 5) is 0. The van der Waals surface area contributed by atoms with Crippen LogP contribution in [0.2, 0.25) is 18.1 Å². The number of fused-ring (bicyclic) bond motifs is 1. The van der Waals surface area contributed by atoms with Gasteiger partial charge in [0.2, 0.25) is 0 Å². The Kier molecular flexibility index (Phi) is 9.45. The van der Waals surface area contributed by atoms with Gasteiger partial charge >= 0.3 is 0 Å². The largest absolute Gasteiger partial charge is 0.410 e. The summed E-state index contributed by atoms with van der Waals surface area (Å²) >= 11 is 0. The van der Waals surface area contributed by atoms with Gasteiger partial charge in [-0.3, -0.25) is 0 Å². The number of rotatable bonds is 8. The molecule has 1 nitrogen and oxygen atoms in total. The fourth-order valence-electron chi connectivity index (χ4n) is 7.34. The summed E-state index contributed by atoms with van der Waals surface area (Å²) in [6.07, 6.45) is 19.9. The molecule has 0 amide bonds. The van der Waals surface area contributed by atoms with Crippen LogP contribution in [0.25, 0.3) is 0 Å². The van der Waals surface area contributed by atoms with E-state index in [1.807, 2.05) is 0 Å². The minimum absolute atomic E-state index is 0.216. The zero-order valence-corrected chi connectivity index (χ0v) is 25.9. The maximum absolute atomic E-state index is 6.83. The summed E-state index contributed by atoms with van der Waals surface area (Å²) in [5, 5.41) is 0.244. The molecule has 0 aromatic rings. The molecule has 3 saturated carbocycles. The van der Waals surface area contributed by atoms with Crippen LogP contribution in [-0.4, -0.2) is 14.4 Å². The molecule has 3 aliphatic rings. The van der Waals surface area contributed by atoms with Crippen molar-refractivity contribution in [2.75, 3.05) is 0 Å². The first-order chi connectivity index (χ1) is 16.3. The van der Waals surface area contributed by atoms with E-state index in [1.165, 1.54) is 68.9 Å². The molecule has 0 aromatic heterocycles. The Balaban J connectivity index is 1.70. The molecule has 3 rings (SSSR count). The summed E-state index contributed by atoms with van der Waals surface area (Å²) in [5.41, 5.74) is 4.97. The zero-order valence-electron chi connectivity index (χ0n) is 24.9. The third kappa shape index (κ3) is 6.64. The molecule has 3 fully saturated rings. The zero-order chi connectivity index (χ0) is 26.0. The second-order valence-corrected chi connectivity index (χ2v) is 19.4. The van der Waals surface area contributed by atoms with Crippen LogP contribution < -0.4 is 0 Å². The molecule has 0 saturated heterocycles. The highest BCUT2D eigenvalue weighted by Crippen LogP contribution is 2.60. The summed E-state index contributed by atoms with van der Waals surface area (Å²) in [6.45, 7) is 26.3. The van der Waals surface area contributed by atoms with Crippen LogP contribution in [0.15, 0.2) is 35.5 Å². The fraction of sp³-hybridized carbons (Fsp3) is 0.818. The Morgan fingerprint density at radius 1 is 1.03 bits per heavy atom. The number of allylic oxidation sites excluding steroid dienone is 3. The normalized spacial score (nSPS) is 33.5. The Morgan fingerprint density at radius 3 is 2.40 bits per heavy atom. The lowest BCUT2D eigenvalue weighted by atomic mass is 9.60. The molecule has 0 bridgehead atoms. The third-order valence-electron chi connectivity index (χ3n) is 10.6. The van der Waals surface area contributed by atoms with E-state index in [2.05, 4.69) is 80.3 Å². The van der Waals surface area contributed by atoms with Gasteiger partial charge in [0.1, 0.15) is 0 Å². The molecule has 5 atom stereocenters. The van der Waals surface area contributed by atoms with Crippen LogP contribution in [0.1, 0.15) is 119 Å². The van der Waals surface area contributed by atoms with E-state index in [-0.39, 0.29) is 11.1 Å². The average molecular weight is 499 g/mol. The molecular formula is C33H58OSi. The predicted octanol–water partition coefficient (Wildman–Crippen LogP) is 10.6. The summed E-state index contributed by atoms with van der Waals surface area (Å²) in [5.74, 6) is 3.41. The third-order valence-corrected chi connectivity index (χ3v) is 15.1. The van der Waals surface area contributed by atoms with Crippen molar-refractivity contribution in [3.63, 3.8) is 0 Å². The van der Waals surface area contributed by atoms with Crippen molar-refractivity contribution in [3.05, 3.63) is 35.5 Å². The van der Waals surface area contributed by atoms with Crippen LogP contribution in [0.4, 0.5) is 0 Å². The van der Waals surface area contributed by atoms with Crippen molar-refractivity contribution >= 4 is 8.32 Å². The summed E-state index contributed by atoms with van der Waals surface area (Å²) in [6, 6.07) is 0. The van der Waals surface area contributed by atoms with Crippen molar-refractivity contribution in [3.8, 4) is 0 Å². The van der Waals surface area contributed by atoms with E-state index in [9.17, 15) is 0 Å². The molecule has 0 N–H and O–H groups in total. The van der Waals surface area contributed by atoms with E-state index in [0.29, 0.717) is 5.41 Å². The standard InChI is InChI=1S/C33H58OSi/c1-24(2)14-11-15-25(3)29-21-22-30-28(17-13-23-33(29,30)8)20-19-27-16-12-18-31(26(27)4)34-35(9,10)32(5,6)7/h19-20,24-25,29-31H,4,11-18,21-23H2,1-3,5-10H3/b27-19-,28-20+/t25-,29-,30+,31?,33-/m1/s1. The van der Waals surface area contributed by atoms with Gasteiger partial charge < -0.3 is 4.43 Å². The van der Waals surface area contributed by atoms with Gasteiger partial charge in [0.25, 0.3) is 0 Å². The van der Waals surface area contributed by atoms with E-state index >= 15 is 0 Å². The first-order valence-corrected chi connectivity index (χ1v) is 17.9. The van der Waals surface area contributed by atoms with E-state index in [1.54, 1.807) is 5.57 Å². The van der Waals surface area contributed by atoms with Gasteiger partial charge in [-0.25, -0.2) is 0 Å². The summed E-state index contributed by atoms with van der Waals surface area (Å²) < 4.78 is 6.83. The lowest BCUT2D eigenvalue weighted by molar-refractivity contribution is 0.0929. The minimum atomic E-state index is -1.78. The number of hydrogen-bond donors (Lipinski definition) is 0. The molecule has 0 spiro atoms. The van der Waals surface area contributed by atoms with Gasteiger partial charge in [0.05, 0.1) is 6.10 Å².